The number of ether oxygens (including phenoxy) is 2. The Morgan fingerprint density at radius 1 is 0.972 bits per heavy atom. The summed E-state index contributed by atoms with van der Waals surface area (Å²) in [6.07, 6.45) is -1.76. The topological polar surface area (TPSA) is 111 Å². The molecule has 0 bridgehead atoms. The molecule has 9 nitrogen and oxygen atoms in total. The Hall–Kier alpha value is -3.72. The van der Waals surface area contributed by atoms with Crippen molar-refractivity contribution < 1.29 is 33.5 Å². The number of amides is 3. The molecule has 190 valence electrons. The van der Waals surface area contributed by atoms with Crippen molar-refractivity contribution in [3.8, 4) is 11.1 Å². The predicted octanol–water partition coefficient (Wildman–Crippen LogP) is 3.70. The van der Waals surface area contributed by atoms with E-state index in [2.05, 4.69) is 5.32 Å². The van der Waals surface area contributed by atoms with Crippen molar-refractivity contribution in [2.24, 2.45) is 0 Å². The summed E-state index contributed by atoms with van der Waals surface area (Å²) in [5.41, 5.74) is 3.66. The number of hydroxylamine groups is 2. The van der Waals surface area contributed by atoms with Gasteiger partial charge in [0.2, 0.25) is 0 Å². The predicted molar refractivity (Wildman–Crippen MR) is 129 cm³/mol. The highest BCUT2D eigenvalue weighted by Crippen LogP contribution is 2.44. The van der Waals surface area contributed by atoms with Crippen LogP contribution in [0.2, 0.25) is 0 Å². The number of benzene rings is 2. The Kier molecular flexibility index (Phi) is 7.12. The number of fused-ring (bicyclic) bond motifs is 3. The van der Waals surface area contributed by atoms with Crippen LogP contribution in [0.3, 0.4) is 0 Å². The Bertz CT molecular complexity index is 1130. The van der Waals surface area contributed by atoms with Crippen molar-refractivity contribution in [1.29, 1.82) is 0 Å². The maximum atomic E-state index is 12.9. The summed E-state index contributed by atoms with van der Waals surface area (Å²) in [5, 5.41) is 2.95. The van der Waals surface area contributed by atoms with Crippen molar-refractivity contribution >= 4 is 23.9 Å². The highest BCUT2D eigenvalue weighted by molar-refractivity contribution is 6.02. The van der Waals surface area contributed by atoms with Gasteiger partial charge in [-0.05, 0) is 49.9 Å². The Morgan fingerprint density at radius 3 is 2.03 bits per heavy atom. The number of carbonyl (C=O) groups is 4. The lowest BCUT2D eigenvalue weighted by molar-refractivity contribution is -0.202. The van der Waals surface area contributed by atoms with E-state index < -0.39 is 41.6 Å². The average molecular weight is 495 g/mol. The minimum Gasteiger partial charge on any atom is -0.449 e. The fourth-order valence-electron chi connectivity index (χ4n) is 4.57. The van der Waals surface area contributed by atoms with E-state index in [9.17, 15) is 19.2 Å². The van der Waals surface area contributed by atoms with Gasteiger partial charge >= 0.3 is 12.1 Å². The van der Waals surface area contributed by atoms with E-state index in [1.807, 2.05) is 48.5 Å². The van der Waals surface area contributed by atoms with Gasteiger partial charge in [0.1, 0.15) is 6.61 Å². The summed E-state index contributed by atoms with van der Waals surface area (Å²) in [5.74, 6) is -2.38. The molecule has 1 aliphatic heterocycles. The average Bonchev–Trinajstić information content (AvgIpc) is 3.31. The van der Waals surface area contributed by atoms with E-state index in [1.54, 1.807) is 27.7 Å². The maximum Gasteiger partial charge on any atom is 0.407 e. The minimum atomic E-state index is -1.32. The highest BCUT2D eigenvalue weighted by atomic mass is 16.7. The first-order valence-corrected chi connectivity index (χ1v) is 11.9. The molecule has 1 fully saturated rings. The van der Waals surface area contributed by atoms with Crippen molar-refractivity contribution in [3.05, 3.63) is 59.7 Å². The number of imide groups is 1. The number of hydrogen-bond donors (Lipinski definition) is 1. The standard InChI is InChI=1S/C27H30N2O7/c1-16(35-27(2,3)4)24(25(32)36-29-22(30)13-14-23(29)31)28-26(33)34-15-21-19-11-7-5-9-17(19)18-10-6-8-12-20(18)21/h5-12,16,21,24H,13-15H2,1-4H3,(H,28,33)/t16-,24+/m1/s1. The summed E-state index contributed by atoms with van der Waals surface area (Å²) in [6.45, 7) is 7.04. The first-order chi connectivity index (χ1) is 17.0. The van der Waals surface area contributed by atoms with Crippen LogP contribution in [-0.4, -0.2) is 53.3 Å². The zero-order valence-corrected chi connectivity index (χ0v) is 20.8. The van der Waals surface area contributed by atoms with Crippen LogP contribution < -0.4 is 5.32 Å². The van der Waals surface area contributed by atoms with Gasteiger partial charge in [0.15, 0.2) is 6.04 Å². The quantitative estimate of drug-likeness (QED) is 0.584. The first-order valence-electron chi connectivity index (χ1n) is 11.9. The van der Waals surface area contributed by atoms with E-state index >= 15 is 0 Å². The normalized spacial score (nSPS) is 16.8. The van der Waals surface area contributed by atoms with E-state index in [-0.39, 0.29) is 25.4 Å². The molecule has 2 aliphatic rings. The third-order valence-corrected chi connectivity index (χ3v) is 6.07. The van der Waals surface area contributed by atoms with Crippen molar-refractivity contribution in [1.82, 2.24) is 10.4 Å². The molecule has 0 aromatic heterocycles. The third kappa shape index (κ3) is 5.41. The van der Waals surface area contributed by atoms with Crippen molar-refractivity contribution in [2.75, 3.05) is 6.61 Å². The number of nitrogens with zero attached hydrogens (tertiary/aromatic N) is 1. The van der Waals surface area contributed by atoms with Gasteiger partial charge in [-0.15, -0.1) is 5.06 Å². The molecule has 2 aromatic carbocycles. The molecule has 2 aromatic rings. The lowest BCUT2D eigenvalue weighted by atomic mass is 9.98. The lowest BCUT2D eigenvalue weighted by Crippen LogP contribution is -2.53. The van der Waals surface area contributed by atoms with Crippen LogP contribution in [0.15, 0.2) is 48.5 Å². The van der Waals surface area contributed by atoms with Crippen molar-refractivity contribution in [2.45, 2.75) is 64.2 Å². The van der Waals surface area contributed by atoms with Gasteiger partial charge in [0.05, 0.1) is 11.7 Å². The van der Waals surface area contributed by atoms with Gasteiger partial charge < -0.3 is 19.6 Å². The van der Waals surface area contributed by atoms with Gasteiger partial charge in [0, 0.05) is 18.8 Å². The van der Waals surface area contributed by atoms with Crippen molar-refractivity contribution in [3.63, 3.8) is 0 Å². The van der Waals surface area contributed by atoms with Gasteiger partial charge in [-0.25, -0.2) is 9.59 Å². The summed E-state index contributed by atoms with van der Waals surface area (Å²) in [7, 11) is 0. The third-order valence-electron chi connectivity index (χ3n) is 6.07. The molecule has 0 saturated carbocycles. The van der Waals surface area contributed by atoms with Crippen LogP contribution in [-0.2, 0) is 28.7 Å². The van der Waals surface area contributed by atoms with Crippen LogP contribution >= 0.6 is 0 Å². The van der Waals surface area contributed by atoms with Gasteiger partial charge in [-0.3, -0.25) is 9.59 Å². The largest absolute Gasteiger partial charge is 0.449 e. The number of carbonyl (C=O) groups excluding carboxylic acids is 4. The second-order valence-electron chi connectivity index (χ2n) is 9.88. The number of nitrogens with one attached hydrogen (secondary N) is 1. The van der Waals surface area contributed by atoms with E-state index in [0.717, 1.165) is 22.3 Å². The van der Waals surface area contributed by atoms with Gasteiger partial charge in [-0.2, -0.15) is 0 Å². The zero-order valence-electron chi connectivity index (χ0n) is 20.8. The molecule has 3 amide bonds. The lowest BCUT2D eigenvalue weighted by Gasteiger charge is -2.30. The summed E-state index contributed by atoms with van der Waals surface area (Å²) < 4.78 is 11.4. The molecule has 0 spiro atoms. The summed E-state index contributed by atoms with van der Waals surface area (Å²) in [6, 6.07) is 14.6. The number of alkyl carbamates (subject to hydrolysis) is 1. The van der Waals surface area contributed by atoms with E-state index in [1.165, 1.54) is 0 Å². The molecule has 1 aliphatic carbocycles. The molecule has 4 rings (SSSR count). The molecule has 36 heavy (non-hydrogen) atoms. The van der Waals surface area contributed by atoms with Gasteiger partial charge in [-0.1, -0.05) is 48.5 Å². The second-order valence-corrected chi connectivity index (χ2v) is 9.88. The molecular weight excluding hydrogens is 464 g/mol. The SMILES string of the molecule is C[C@@H](OC(C)(C)C)[C@H](NC(=O)OCC1c2ccccc2-c2ccccc21)C(=O)ON1C(=O)CCC1=O. The zero-order chi connectivity index (χ0) is 26.0. The maximum absolute atomic E-state index is 12.9. The number of rotatable bonds is 7. The molecular formula is C27H30N2O7. The number of hydrogen-bond acceptors (Lipinski definition) is 7. The van der Waals surface area contributed by atoms with Crippen LogP contribution in [0.25, 0.3) is 11.1 Å². The molecule has 2 atom stereocenters. The fraction of sp³-hybridized carbons (Fsp3) is 0.407. The molecule has 1 saturated heterocycles. The summed E-state index contributed by atoms with van der Waals surface area (Å²) in [4.78, 5) is 54.6. The highest BCUT2D eigenvalue weighted by Gasteiger charge is 2.39. The van der Waals surface area contributed by atoms with Gasteiger partial charge in [0.25, 0.3) is 11.8 Å². The van der Waals surface area contributed by atoms with Crippen LogP contribution in [0.5, 0.6) is 0 Å². The van der Waals surface area contributed by atoms with E-state index in [0.29, 0.717) is 5.06 Å². The van der Waals surface area contributed by atoms with Crippen LogP contribution in [0, 0.1) is 0 Å². The molecule has 9 heteroatoms. The van der Waals surface area contributed by atoms with E-state index in [4.69, 9.17) is 14.3 Å². The molecule has 0 unspecified atom stereocenters. The van der Waals surface area contributed by atoms with Crippen LogP contribution in [0.4, 0.5) is 4.79 Å². The molecule has 0 radical (unpaired) electrons. The Labute approximate surface area is 209 Å². The van der Waals surface area contributed by atoms with Crippen LogP contribution in [0.1, 0.15) is 57.6 Å². The minimum absolute atomic E-state index is 0.0371. The Balaban J connectivity index is 1.46. The second kappa shape index (κ2) is 10.1. The molecule has 1 N–H and O–H groups in total. The first kappa shape index (κ1) is 25.4. The Morgan fingerprint density at radius 2 is 1.50 bits per heavy atom. The summed E-state index contributed by atoms with van der Waals surface area (Å²) >= 11 is 0. The monoisotopic (exact) mass is 494 g/mol. The smallest absolute Gasteiger partial charge is 0.407 e. The fourth-order valence-corrected chi connectivity index (χ4v) is 4.57. The molecule has 1 heterocycles.